The Morgan fingerprint density at radius 3 is 2.35 bits per heavy atom. The van der Waals surface area contributed by atoms with Gasteiger partial charge in [0, 0.05) is 18.3 Å². The summed E-state index contributed by atoms with van der Waals surface area (Å²) in [5, 5.41) is 2.22. The highest BCUT2D eigenvalue weighted by Gasteiger charge is 2.44. The molecule has 1 fully saturated rings. The summed E-state index contributed by atoms with van der Waals surface area (Å²) in [4.78, 5) is 48.4. The Morgan fingerprint density at radius 1 is 1.09 bits per heavy atom. The monoisotopic (exact) mass is 325 g/mol. The average Bonchev–Trinajstić information content (AvgIpc) is 2.69. The maximum atomic E-state index is 13.0. The lowest BCUT2D eigenvalue weighted by Gasteiger charge is -2.14. The Morgan fingerprint density at radius 2 is 1.74 bits per heavy atom. The van der Waals surface area contributed by atoms with Gasteiger partial charge in [-0.15, -0.1) is 0 Å². The van der Waals surface area contributed by atoms with E-state index >= 15 is 0 Å². The number of carbonyl (C=O) groups is 4. The van der Waals surface area contributed by atoms with Crippen LogP contribution in [0.4, 0.5) is 19.3 Å². The van der Waals surface area contributed by atoms with Crippen molar-refractivity contribution in [2.24, 2.45) is 0 Å². The molecule has 7 nitrogen and oxygen atoms in total. The minimum Gasteiger partial charge on any atom is -0.324 e. The topological polar surface area (TPSA) is 86.8 Å². The van der Waals surface area contributed by atoms with E-state index in [2.05, 4.69) is 5.32 Å². The Kier molecular flexibility index (Phi) is 4.68. The van der Waals surface area contributed by atoms with Crippen LogP contribution in [-0.4, -0.2) is 46.6 Å². The van der Waals surface area contributed by atoms with E-state index in [0.717, 1.165) is 23.1 Å². The number of rotatable bonds is 5. The van der Waals surface area contributed by atoms with E-state index in [0.29, 0.717) is 11.3 Å². The van der Waals surface area contributed by atoms with E-state index in [-0.39, 0.29) is 12.2 Å². The normalized spacial score (nSPS) is 14.7. The molecule has 5 amide bonds. The zero-order valence-corrected chi connectivity index (χ0v) is 12.1. The smallest absolute Gasteiger partial charge is 0.324 e. The highest BCUT2D eigenvalue weighted by Crippen LogP contribution is 2.15. The molecule has 1 heterocycles. The first-order chi connectivity index (χ1) is 10.8. The van der Waals surface area contributed by atoms with Gasteiger partial charge in [-0.2, -0.15) is 0 Å². The van der Waals surface area contributed by atoms with Gasteiger partial charge in [0.15, 0.2) is 11.6 Å². The number of imide groups is 2. The third kappa shape index (κ3) is 3.33. The molecule has 0 bridgehead atoms. The number of nitrogens with one attached hydrogen (secondary N) is 1. The van der Waals surface area contributed by atoms with Gasteiger partial charge >= 0.3 is 17.8 Å². The van der Waals surface area contributed by atoms with Crippen LogP contribution in [-0.2, 0) is 14.4 Å². The molecule has 9 heteroatoms. The van der Waals surface area contributed by atoms with Crippen molar-refractivity contribution in [2.75, 3.05) is 18.4 Å². The third-order valence-corrected chi connectivity index (χ3v) is 3.09. The largest absolute Gasteiger partial charge is 0.334 e. The van der Waals surface area contributed by atoms with Crippen LogP contribution >= 0.6 is 0 Å². The maximum absolute atomic E-state index is 13.0. The van der Waals surface area contributed by atoms with Gasteiger partial charge in [-0.25, -0.2) is 18.5 Å². The summed E-state index contributed by atoms with van der Waals surface area (Å²) in [6.07, 6.45) is 0.472. The number of hydrogen-bond donors (Lipinski definition) is 1. The second-order valence-electron chi connectivity index (χ2n) is 4.81. The van der Waals surface area contributed by atoms with E-state index in [1.54, 1.807) is 6.92 Å². The molecule has 0 unspecified atom stereocenters. The van der Waals surface area contributed by atoms with Crippen LogP contribution in [0.5, 0.6) is 0 Å². The van der Waals surface area contributed by atoms with Crippen molar-refractivity contribution in [3.05, 3.63) is 29.8 Å². The number of hydrogen-bond acceptors (Lipinski definition) is 4. The number of benzene rings is 1. The fraction of sp³-hybridized carbons (Fsp3) is 0.286. The molecule has 0 saturated carbocycles. The summed E-state index contributed by atoms with van der Waals surface area (Å²) in [7, 11) is 0. The van der Waals surface area contributed by atoms with Crippen LogP contribution < -0.4 is 5.32 Å². The van der Waals surface area contributed by atoms with Gasteiger partial charge in [0.1, 0.15) is 6.54 Å². The van der Waals surface area contributed by atoms with Gasteiger partial charge in [0.05, 0.1) is 0 Å². The first-order valence-electron chi connectivity index (χ1n) is 6.77. The molecule has 122 valence electrons. The number of anilines is 1. The minimum atomic E-state index is -1.15. The molecule has 23 heavy (non-hydrogen) atoms. The summed E-state index contributed by atoms with van der Waals surface area (Å²) in [5.41, 5.74) is -0.0373. The van der Waals surface area contributed by atoms with Crippen LogP contribution in [0.25, 0.3) is 0 Å². The molecule has 1 N–H and O–H groups in total. The highest BCUT2D eigenvalue weighted by molar-refractivity contribution is 6.45. The zero-order chi connectivity index (χ0) is 17.1. The predicted molar refractivity (Wildman–Crippen MR) is 74.1 cm³/mol. The molecule has 0 aliphatic carbocycles. The summed E-state index contributed by atoms with van der Waals surface area (Å²) < 4.78 is 25.8. The minimum absolute atomic E-state index is 0.0373. The van der Waals surface area contributed by atoms with Crippen molar-refractivity contribution in [3.63, 3.8) is 0 Å². The molecular weight excluding hydrogens is 312 g/mol. The van der Waals surface area contributed by atoms with Gasteiger partial charge in [-0.1, -0.05) is 6.92 Å². The molecule has 1 aliphatic heterocycles. The molecular formula is C14H13F2N3O4. The third-order valence-electron chi connectivity index (χ3n) is 3.09. The molecule has 1 aromatic carbocycles. The molecule has 1 aliphatic rings. The van der Waals surface area contributed by atoms with Gasteiger partial charge in [-0.05, 0) is 18.6 Å². The van der Waals surface area contributed by atoms with Crippen molar-refractivity contribution >= 4 is 29.4 Å². The molecule has 1 aromatic rings. The summed E-state index contributed by atoms with van der Waals surface area (Å²) >= 11 is 0. The van der Waals surface area contributed by atoms with E-state index < -0.39 is 41.9 Å². The van der Waals surface area contributed by atoms with Gasteiger partial charge in [-0.3, -0.25) is 19.3 Å². The van der Waals surface area contributed by atoms with E-state index in [1.165, 1.54) is 0 Å². The highest BCUT2D eigenvalue weighted by atomic mass is 19.2. The standard InChI is InChI=1S/C14H13F2N3O4/c1-2-5-18-12(21)13(22)19(14(18)23)7-11(20)17-8-3-4-9(15)10(16)6-8/h3-4,6H,2,5,7H2,1H3,(H,17,20). The SMILES string of the molecule is CCCN1C(=O)C(=O)N(CC(=O)Nc2ccc(F)c(F)c2)C1=O. The van der Waals surface area contributed by atoms with Crippen molar-refractivity contribution in [2.45, 2.75) is 13.3 Å². The van der Waals surface area contributed by atoms with Gasteiger partial charge < -0.3 is 5.32 Å². The number of nitrogens with zero attached hydrogens (tertiary/aromatic N) is 2. The van der Waals surface area contributed by atoms with E-state index in [9.17, 15) is 28.0 Å². The Bertz CT molecular complexity index is 693. The van der Waals surface area contributed by atoms with E-state index in [4.69, 9.17) is 0 Å². The molecule has 0 aromatic heterocycles. The van der Waals surface area contributed by atoms with Crippen molar-refractivity contribution in [1.29, 1.82) is 0 Å². The zero-order valence-electron chi connectivity index (χ0n) is 12.1. The lowest BCUT2D eigenvalue weighted by atomic mass is 10.3. The average molecular weight is 325 g/mol. The van der Waals surface area contributed by atoms with E-state index in [1.807, 2.05) is 0 Å². The lowest BCUT2D eigenvalue weighted by molar-refractivity contribution is -0.143. The fourth-order valence-corrected chi connectivity index (χ4v) is 2.03. The lowest BCUT2D eigenvalue weighted by Crippen LogP contribution is -2.39. The van der Waals surface area contributed by atoms with Gasteiger partial charge in [0.25, 0.3) is 0 Å². The fourth-order valence-electron chi connectivity index (χ4n) is 2.03. The number of halogens is 2. The first-order valence-corrected chi connectivity index (χ1v) is 6.77. The van der Waals surface area contributed by atoms with Crippen LogP contribution in [0.3, 0.4) is 0 Å². The van der Waals surface area contributed by atoms with Crippen molar-refractivity contribution in [3.8, 4) is 0 Å². The van der Waals surface area contributed by atoms with Crippen LogP contribution in [0, 0.1) is 11.6 Å². The van der Waals surface area contributed by atoms with Crippen molar-refractivity contribution in [1.82, 2.24) is 9.80 Å². The summed E-state index contributed by atoms with van der Waals surface area (Å²) in [5.74, 6) is -5.13. The molecule has 0 atom stereocenters. The quantitative estimate of drug-likeness (QED) is 0.649. The van der Waals surface area contributed by atoms with Gasteiger partial charge in [0.2, 0.25) is 5.91 Å². The number of carbonyl (C=O) groups excluding carboxylic acids is 4. The Hall–Kier alpha value is -2.84. The Labute approximate surface area is 129 Å². The second-order valence-corrected chi connectivity index (χ2v) is 4.81. The number of amides is 5. The Balaban J connectivity index is 2.05. The predicted octanol–water partition coefficient (Wildman–Crippen LogP) is 1.10. The number of urea groups is 1. The van der Waals surface area contributed by atoms with Crippen LogP contribution in [0.2, 0.25) is 0 Å². The maximum Gasteiger partial charge on any atom is 0.334 e. The molecule has 0 radical (unpaired) electrons. The first kappa shape index (κ1) is 16.5. The molecule has 2 rings (SSSR count). The molecule has 0 spiro atoms. The van der Waals surface area contributed by atoms with Crippen molar-refractivity contribution < 1.29 is 28.0 Å². The van der Waals surface area contributed by atoms with Crippen LogP contribution in [0.1, 0.15) is 13.3 Å². The summed E-state index contributed by atoms with van der Waals surface area (Å²) in [6.45, 7) is 1.11. The summed E-state index contributed by atoms with van der Waals surface area (Å²) in [6, 6.07) is 1.83. The van der Waals surface area contributed by atoms with Crippen LogP contribution in [0.15, 0.2) is 18.2 Å². The second kappa shape index (κ2) is 6.51. The molecule has 1 saturated heterocycles.